The van der Waals surface area contributed by atoms with E-state index in [2.05, 4.69) is 29.4 Å². The molecule has 1 saturated heterocycles. The molecule has 0 unspecified atom stereocenters. The number of rotatable bonds is 8. The van der Waals surface area contributed by atoms with Gasteiger partial charge in [0.15, 0.2) is 0 Å². The second-order valence-electron chi connectivity index (χ2n) is 6.53. The van der Waals surface area contributed by atoms with E-state index >= 15 is 0 Å². The molecule has 0 bridgehead atoms. The lowest BCUT2D eigenvalue weighted by Crippen LogP contribution is -2.47. The van der Waals surface area contributed by atoms with Crippen molar-refractivity contribution in [3.8, 4) is 0 Å². The monoisotopic (exact) mass is 348 g/mol. The van der Waals surface area contributed by atoms with E-state index in [1.807, 2.05) is 0 Å². The van der Waals surface area contributed by atoms with Crippen LogP contribution in [0.3, 0.4) is 0 Å². The molecule has 1 aliphatic heterocycles. The van der Waals surface area contributed by atoms with Crippen LogP contribution in [0.25, 0.3) is 0 Å². The fraction of sp³-hybridized carbons (Fsp3) is 0.611. The number of nitrogens with one attached hydrogen (secondary N) is 2. The van der Waals surface area contributed by atoms with Gasteiger partial charge in [0, 0.05) is 30.4 Å². The highest BCUT2D eigenvalue weighted by Crippen LogP contribution is 2.22. The number of benzene rings is 1. The largest absolute Gasteiger partial charge is 0.336 e. The van der Waals surface area contributed by atoms with Crippen molar-refractivity contribution >= 4 is 17.4 Å². The smallest absolute Gasteiger partial charge is 0.319 e. The summed E-state index contributed by atoms with van der Waals surface area (Å²) < 4.78 is 0. The summed E-state index contributed by atoms with van der Waals surface area (Å²) in [4.78, 5) is 25.0. The third-order valence-corrected chi connectivity index (χ3v) is 4.99. The third-order valence-electron chi connectivity index (χ3n) is 4.99. The first-order valence-electron chi connectivity index (χ1n) is 9.08. The molecule has 2 amide bonds. The van der Waals surface area contributed by atoms with E-state index in [-0.39, 0.29) is 11.7 Å². The SMILES string of the molecule is CCC(CC)[C@H](CNC(=O)Nc1cccc([N+](=O)[O-])c1)N1CCCC1. The van der Waals surface area contributed by atoms with Crippen LogP contribution in [0.1, 0.15) is 39.5 Å². The van der Waals surface area contributed by atoms with E-state index < -0.39 is 4.92 Å². The van der Waals surface area contributed by atoms with Crippen LogP contribution in [0.4, 0.5) is 16.2 Å². The Morgan fingerprint density at radius 3 is 2.56 bits per heavy atom. The molecule has 0 aliphatic carbocycles. The maximum atomic E-state index is 12.2. The number of likely N-dealkylation sites (tertiary alicyclic amines) is 1. The standard InChI is InChI=1S/C18H28N4O3/c1-3-14(4-2)17(21-10-5-6-11-21)13-19-18(23)20-15-8-7-9-16(12-15)22(24)25/h7-9,12,14,17H,3-6,10-11,13H2,1-2H3,(H2,19,20,23)/t17-/m0/s1. The Hall–Kier alpha value is -2.15. The van der Waals surface area contributed by atoms with Crippen molar-refractivity contribution in [3.63, 3.8) is 0 Å². The van der Waals surface area contributed by atoms with E-state index in [1.165, 1.54) is 25.0 Å². The summed E-state index contributed by atoms with van der Waals surface area (Å²) in [7, 11) is 0. The van der Waals surface area contributed by atoms with Crippen LogP contribution in [0.15, 0.2) is 24.3 Å². The van der Waals surface area contributed by atoms with Crippen molar-refractivity contribution in [2.24, 2.45) is 5.92 Å². The zero-order valence-electron chi connectivity index (χ0n) is 15.0. The van der Waals surface area contributed by atoms with Gasteiger partial charge in [-0.1, -0.05) is 32.8 Å². The van der Waals surface area contributed by atoms with E-state index in [9.17, 15) is 14.9 Å². The number of carbonyl (C=O) groups is 1. The van der Waals surface area contributed by atoms with Crippen LogP contribution in [0, 0.1) is 16.0 Å². The van der Waals surface area contributed by atoms with Gasteiger partial charge in [0.1, 0.15) is 0 Å². The predicted octanol–water partition coefficient (Wildman–Crippen LogP) is 3.62. The van der Waals surface area contributed by atoms with Crippen LogP contribution >= 0.6 is 0 Å². The van der Waals surface area contributed by atoms with Crippen molar-refractivity contribution in [2.45, 2.75) is 45.6 Å². The minimum Gasteiger partial charge on any atom is -0.336 e. The second-order valence-corrected chi connectivity index (χ2v) is 6.53. The zero-order chi connectivity index (χ0) is 18.2. The first-order chi connectivity index (χ1) is 12.0. The van der Waals surface area contributed by atoms with Gasteiger partial charge in [-0.2, -0.15) is 0 Å². The fourth-order valence-electron chi connectivity index (χ4n) is 3.57. The molecule has 1 aliphatic rings. The molecule has 0 radical (unpaired) electrons. The number of urea groups is 1. The highest BCUT2D eigenvalue weighted by atomic mass is 16.6. The van der Waals surface area contributed by atoms with Crippen LogP contribution in [0.2, 0.25) is 0 Å². The number of carbonyl (C=O) groups excluding carboxylic acids is 1. The van der Waals surface area contributed by atoms with Crippen molar-refractivity contribution in [1.29, 1.82) is 0 Å². The van der Waals surface area contributed by atoms with Gasteiger partial charge in [-0.05, 0) is 37.9 Å². The van der Waals surface area contributed by atoms with Crippen molar-refractivity contribution in [2.75, 3.05) is 25.0 Å². The summed E-state index contributed by atoms with van der Waals surface area (Å²) in [6, 6.07) is 5.98. The molecular formula is C18H28N4O3. The molecule has 0 spiro atoms. The molecule has 1 aromatic rings. The lowest BCUT2D eigenvalue weighted by molar-refractivity contribution is -0.384. The molecule has 7 heteroatoms. The average molecular weight is 348 g/mol. The summed E-state index contributed by atoms with van der Waals surface area (Å²) in [5.74, 6) is 0.552. The lowest BCUT2D eigenvalue weighted by atomic mass is 9.93. The average Bonchev–Trinajstić information content (AvgIpc) is 3.13. The number of nitro groups is 1. The minimum atomic E-state index is -0.473. The topological polar surface area (TPSA) is 87.5 Å². The molecule has 1 atom stereocenters. The number of amides is 2. The Kier molecular flexibility index (Phi) is 7.18. The van der Waals surface area contributed by atoms with Gasteiger partial charge in [0.25, 0.3) is 5.69 Å². The molecule has 2 N–H and O–H groups in total. The molecule has 138 valence electrons. The first kappa shape index (κ1) is 19.2. The first-order valence-corrected chi connectivity index (χ1v) is 9.08. The van der Waals surface area contributed by atoms with Crippen molar-refractivity contribution in [3.05, 3.63) is 34.4 Å². The fourth-order valence-corrected chi connectivity index (χ4v) is 3.57. The van der Waals surface area contributed by atoms with E-state index in [0.29, 0.717) is 24.2 Å². The van der Waals surface area contributed by atoms with Crippen molar-refractivity contribution < 1.29 is 9.72 Å². The van der Waals surface area contributed by atoms with Gasteiger partial charge in [0.05, 0.1) is 4.92 Å². The molecule has 25 heavy (non-hydrogen) atoms. The minimum absolute atomic E-state index is 0.0372. The molecule has 0 aromatic heterocycles. The second kappa shape index (κ2) is 9.36. The van der Waals surface area contributed by atoms with Gasteiger partial charge in [-0.25, -0.2) is 4.79 Å². The van der Waals surface area contributed by atoms with Gasteiger partial charge < -0.3 is 10.6 Å². The normalized spacial score (nSPS) is 16.0. The predicted molar refractivity (Wildman–Crippen MR) is 98.8 cm³/mol. The molecule has 1 fully saturated rings. The number of hydrogen-bond acceptors (Lipinski definition) is 4. The van der Waals surface area contributed by atoms with Crippen LogP contribution in [-0.4, -0.2) is 41.5 Å². The van der Waals surface area contributed by atoms with E-state index in [0.717, 1.165) is 25.9 Å². The maximum Gasteiger partial charge on any atom is 0.319 e. The van der Waals surface area contributed by atoms with Gasteiger partial charge in [-0.15, -0.1) is 0 Å². The van der Waals surface area contributed by atoms with Crippen LogP contribution < -0.4 is 10.6 Å². The third kappa shape index (κ3) is 5.42. The van der Waals surface area contributed by atoms with Crippen molar-refractivity contribution in [1.82, 2.24) is 10.2 Å². The summed E-state index contributed by atoms with van der Waals surface area (Å²) in [6.07, 6.45) is 4.62. The summed E-state index contributed by atoms with van der Waals surface area (Å²) in [6.45, 7) is 7.17. The summed E-state index contributed by atoms with van der Waals surface area (Å²) >= 11 is 0. The number of anilines is 1. The van der Waals surface area contributed by atoms with Gasteiger partial charge in [0.2, 0.25) is 0 Å². The molecule has 0 saturated carbocycles. The Labute approximate surface area is 148 Å². The molecule has 1 aromatic carbocycles. The maximum absolute atomic E-state index is 12.2. The highest BCUT2D eigenvalue weighted by molar-refractivity contribution is 5.89. The van der Waals surface area contributed by atoms with Crippen LogP contribution in [0.5, 0.6) is 0 Å². The quantitative estimate of drug-likeness (QED) is 0.555. The van der Waals surface area contributed by atoms with Crippen LogP contribution in [-0.2, 0) is 0 Å². The number of nitro benzene ring substituents is 1. The molecule has 1 heterocycles. The van der Waals surface area contributed by atoms with E-state index in [4.69, 9.17) is 0 Å². The van der Waals surface area contributed by atoms with E-state index in [1.54, 1.807) is 12.1 Å². The molecule has 2 rings (SSSR count). The number of non-ortho nitro benzene ring substituents is 1. The highest BCUT2D eigenvalue weighted by Gasteiger charge is 2.27. The zero-order valence-corrected chi connectivity index (χ0v) is 15.0. The Morgan fingerprint density at radius 2 is 1.96 bits per heavy atom. The lowest BCUT2D eigenvalue weighted by Gasteiger charge is -2.33. The molecule has 7 nitrogen and oxygen atoms in total. The Morgan fingerprint density at radius 1 is 1.28 bits per heavy atom. The number of nitrogens with zero attached hydrogens (tertiary/aromatic N) is 2. The molecular weight excluding hydrogens is 320 g/mol. The van der Waals surface area contributed by atoms with Gasteiger partial charge >= 0.3 is 6.03 Å². The Balaban J connectivity index is 1.93. The summed E-state index contributed by atoms with van der Waals surface area (Å²) in [5.41, 5.74) is 0.386. The van der Waals surface area contributed by atoms with Gasteiger partial charge in [-0.3, -0.25) is 15.0 Å². The number of hydrogen-bond donors (Lipinski definition) is 2. The summed E-state index contributed by atoms with van der Waals surface area (Å²) in [5, 5.41) is 16.4. The Bertz CT molecular complexity index is 581.